The lowest BCUT2D eigenvalue weighted by Crippen LogP contribution is -2.30. The third kappa shape index (κ3) is 6.35. The van der Waals surface area contributed by atoms with Crippen molar-refractivity contribution in [3.8, 4) is 17.2 Å². The predicted octanol–water partition coefficient (Wildman–Crippen LogP) is 4.87. The van der Waals surface area contributed by atoms with Crippen molar-refractivity contribution in [3.05, 3.63) is 89.4 Å². The van der Waals surface area contributed by atoms with E-state index in [1.807, 2.05) is 66.7 Å². The number of carbonyl (C=O) groups excluding carboxylic acids is 1. The van der Waals surface area contributed by atoms with Gasteiger partial charge in [-0.05, 0) is 48.4 Å². The molecule has 0 heterocycles. The molecular formula is C22H20ClNO3. The quantitative estimate of drug-likeness (QED) is 0.605. The average molecular weight is 382 g/mol. The van der Waals surface area contributed by atoms with Crippen LogP contribution >= 0.6 is 11.6 Å². The zero-order valence-electron chi connectivity index (χ0n) is 14.7. The lowest BCUT2D eigenvalue weighted by Gasteiger charge is -2.10. The number of carbonyl (C=O) groups is 1. The molecule has 1 N–H and O–H groups in total. The Morgan fingerprint density at radius 3 is 2.33 bits per heavy atom. The van der Waals surface area contributed by atoms with Crippen LogP contribution in [0.2, 0.25) is 5.02 Å². The Balaban J connectivity index is 1.43. The zero-order valence-corrected chi connectivity index (χ0v) is 15.5. The van der Waals surface area contributed by atoms with Crippen LogP contribution in [0.1, 0.15) is 5.56 Å². The second-order valence-electron chi connectivity index (χ2n) is 5.91. The molecule has 5 heteroatoms. The summed E-state index contributed by atoms with van der Waals surface area (Å²) >= 11 is 5.86. The van der Waals surface area contributed by atoms with Crippen molar-refractivity contribution < 1.29 is 14.3 Å². The van der Waals surface area contributed by atoms with Crippen LogP contribution in [0.15, 0.2) is 78.9 Å². The van der Waals surface area contributed by atoms with Crippen LogP contribution in [0.4, 0.5) is 0 Å². The summed E-state index contributed by atoms with van der Waals surface area (Å²) in [4.78, 5) is 11.9. The van der Waals surface area contributed by atoms with Crippen molar-refractivity contribution in [2.24, 2.45) is 0 Å². The number of nitrogens with one attached hydrogen (secondary N) is 1. The minimum Gasteiger partial charge on any atom is -0.484 e. The van der Waals surface area contributed by atoms with E-state index in [2.05, 4.69) is 5.32 Å². The fourth-order valence-corrected chi connectivity index (χ4v) is 2.58. The maximum absolute atomic E-state index is 11.9. The molecular weight excluding hydrogens is 362 g/mol. The summed E-state index contributed by atoms with van der Waals surface area (Å²) in [5.41, 5.74) is 1.12. The Kier molecular flexibility index (Phi) is 6.72. The number of rotatable bonds is 8. The van der Waals surface area contributed by atoms with E-state index in [9.17, 15) is 4.79 Å². The first-order valence-electron chi connectivity index (χ1n) is 8.66. The molecule has 0 aromatic heterocycles. The van der Waals surface area contributed by atoms with Gasteiger partial charge in [-0.25, -0.2) is 0 Å². The van der Waals surface area contributed by atoms with Crippen LogP contribution in [0.5, 0.6) is 17.2 Å². The molecule has 4 nitrogen and oxygen atoms in total. The molecule has 0 aliphatic heterocycles. The molecule has 3 aromatic carbocycles. The van der Waals surface area contributed by atoms with Gasteiger partial charge in [-0.15, -0.1) is 0 Å². The SMILES string of the molecule is O=C(COc1cccc(Oc2ccccc2)c1)NCCc1ccc(Cl)cc1. The van der Waals surface area contributed by atoms with Gasteiger partial charge >= 0.3 is 0 Å². The molecule has 0 spiro atoms. The second kappa shape index (κ2) is 9.64. The Labute approximate surface area is 163 Å². The fraction of sp³-hybridized carbons (Fsp3) is 0.136. The molecule has 3 aromatic rings. The first-order valence-corrected chi connectivity index (χ1v) is 9.04. The number of hydrogen-bond acceptors (Lipinski definition) is 3. The van der Waals surface area contributed by atoms with Crippen LogP contribution in [0.25, 0.3) is 0 Å². The molecule has 138 valence electrons. The smallest absolute Gasteiger partial charge is 0.257 e. The molecule has 0 aliphatic rings. The average Bonchev–Trinajstić information content (AvgIpc) is 2.69. The number of para-hydroxylation sites is 1. The van der Waals surface area contributed by atoms with Crippen molar-refractivity contribution in [1.82, 2.24) is 5.32 Å². The summed E-state index contributed by atoms with van der Waals surface area (Å²) < 4.78 is 11.3. The number of benzene rings is 3. The van der Waals surface area contributed by atoms with Crippen molar-refractivity contribution in [1.29, 1.82) is 0 Å². The first-order chi connectivity index (χ1) is 13.2. The summed E-state index contributed by atoms with van der Waals surface area (Å²) in [5, 5.41) is 3.55. The second-order valence-corrected chi connectivity index (χ2v) is 6.34. The zero-order chi connectivity index (χ0) is 18.9. The number of hydrogen-bond donors (Lipinski definition) is 1. The highest BCUT2D eigenvalue weighted by molar-refractivity contribution is 6.30. The molecule has 0 atom stereocenters. The van der Waals surface area contributed by atoms with Crippen molar-refractivity contribution in [2.75, 3.05) is 13.2 Å². The van der Waals surface area contributed by atoms with Crippen LogP contribution < -0.4 is 14.8 Å². The van der Waals surface area contributed by atoms with Gasteiger partial charge in [0.25, 0.3) is 5.91 Å². The number of ether oxygens (including phenoxy) is 2. The largest absolute Gasteiger partial charge is 0.484 e. The Morgan fingerprint density at radius 2 is 1.56 bits per heavy atom. The van der Waals surface area contributed by atoms with Crippen LogP contribution in [0, 0.1) is 0 Å². The maximum Gasteiger partial charge on any atom is 0.257 e. The number of amides is 1. The van der Waals surface area contributed by atoms with Gasteiger partial charge < -0.3 is 14.8 Å². The van der Waals surface area contributed by atoms with Gasteiger partial charge in [-0.3, -0.25) is 4.79 Å². The minimum atomic E-state index is -0.168. The molecule has 0 radical (unpaired) electrons. The van der Waals surface area contributed by atoms with Gasteiger partial charge in [-0.1, -0.05) is 48.0 Å². The van der Waals surface area contributed by atoms with Gasteiger partial charge in [0.2, 0.25) is 0 Å². The van der Waals surface area contributed by atoms with Gasteiger partial charge in [0, 0.05) is 17.6 Å². The van der Waals surface area contributed by atoms with Gasteiger partial charge in [0.15, 0.2) is 6.61 Å². The lowest BCUT2D eigenvalue weighted by atomic mass is 10.1. The van der Waals surface area contributed by atoms with E-state index in [1.165, 1.54) is 0 Å². The van der Waals surface area contributed by atoms with E-state index in [4.69, 9.17) is 21.1 Å². The molecule has 0 unspecified atom stereocenters. The van der Waals surface area contributed by atoms with E-state index >= 15 is 0 Å². The molecule has 0 saturated carbocycles. The van der Waals surface area contributed by atoms with Gasteiger partial charge in [-0.2, -0.15) is 0 Å². The Morgan fingerprint density at radius 1 is 0.852 bits per heavy atom. The third-order valence-electron chi connectivity index (χ3n) is 3.80. The molecule has 0 fully saturated rings. The van der Waals surface area contributed by atoms with E-state index in [0.717, 1.165) is 17.7 Å². The topological polar surface area (TPSA) is 47.6 Å². The first kappa shape index (κ1) is 18.8. The van der Waals surface area contributed by atoms with E-state index in [0.29, 0.717) is 23.1 Å². The Hall–Kier alpha value is -2.98. The summed E-state index contributed by atoms with van der Waals surface area (Å²) in [7, 11) is 0. The highest BCUT2D eigenvalue weighted by Gasteiger charge is 2.04. The van der Waals surface area contributed by atoms with Crippen LogP contribution in [0.3, 0.4) is 0 Å². The van der Waals surface area contributed by atoms with E-state index in [-0.39, 0.29) is 12.5 Å². The summed E-state index contributed by atoms with van der Waals surface area (Å²) in [5.74, 6) is 1.81. The van der Waals surface area contributed by atoms with Crippen LogP contribution in [-0.2, 0) is 11.2 Å². The van der Waals surface area contributed by atoms with Crippen molar-refractivity contribution >= 4 is 17.5 Å². The molecule has 3 rings (SSSR count). The summed E-state index contributed by atoms with van der Waals surface area (Å²) in [6, 6.07) is 24.3. The minimum absolute atomic E-state index is 0.0462. The number of halogens is 1. The third-order valence-corrected chi connectivity index (χ3v) is 4.06. The lowest BCUT2D eigenvalue weighted by molar-refractivity contribution is -0.123. The van der Waals surface area contributed by atoms with Crippen molar-refractivity contribution in [2.45, 2.75) is 6.42 Å². The Bertz CT molecular complexity index is 866. The van der Waals surface area contributed by atoms with E-state index in [1.54, 1.807) is 12.1 Å². The molecule has 27 heavy (non-hydrogen) atoms. The highest BCUT2D eigenvalue weighted by Crippen LogP contribution is 2.24. The summed E-state index contributed by atoms with van der Waals surface area (Å²) in [6.45, 7) is 0.496. The maximum atomic E-state index is 11.9. The molecule has 0 aliphatic carbocycles. The molecule has 0 bridgehead atoms. The normalized spacial score (nSPS) is 10.3. The predicted molar refractivity (Wildman–Crippen MR) is 107 cm³/mol. The molecule has 0 saturated heterocycles. The van der Waals surface area contributed by atoms with Gasteiger partial charge in [0.05, 0.1) is 0 Å². The summed E-state index contributed by atoms with van der Waals surface area (Å²) in [6.07, 6.45) is 0.739. The van der Waals surface area contributed by atoms with Crippen molar-refractivity contribution in [3.63, 3.8) is 0 Å². The van der Waals surface area contributed by atoms with Gasteiger partial charge in [0.1, 0.15) is 17.2 Å². The fourth-order valence-electron chi connectivity index (χ4n) is 2.45. The van der Waals surface area contributed by atoms with E-state index < -0.39 is 0 Å². The molecule has 1 amide bonds. The monoisotopic (exact) mass is 381 g/mol. The highest BCUT2D eigenvalue weighted by atomic mass is 35.5. The van der Waals surface area contributed by atoms with Crippen LogP contribution in [-0.4, -0.2) is 19.1 Å². The standard InChI is InChI=1S/C22H20ClNO3/c23-18-11-9-17(10-12-18)13-14-24-22(25)16-26-20-7-4-8-21(15-20)27-19-5-2-1-3-6-19/h1-12,15H,13-14,16H2,(H,24,25).